The van der Waals surface area contributed by atoms with E-state index in [0.29, 0.717) is 0 Å². The van der Waals surface area contributed by atoms with Gasteiger partial charge < -0.3 is 14.5 Å². The van der Waals surface area contributed by atoms with Crippen LogP contribution in [0.15, 0.2) is 16.7 Å². The summed E-state index contributed by atoms with van der Waals surface area (Å²) in [6.07, 6.45) is 1.20. The monoisotopic (exact) mass is 349 g/mol. The van der Waals surface area contributed by atoms with E-state index in [4.69, 9.17) is 4.42 Å². The molecule has 1 aromatic carbocycles. The highest BCUT2D eigenvalue weighted by atomic mass is 19.2. The summed E-state index contributed by atoms with van der Waals surface area (Å²) in [6.45, 7) is 0.439. The fourth-order valence-electron chi connectivity index (χ4n) is 1.70. The van der Waals surface area contributed by atoms with E-state index in [-0.39, 0.29) is 11.3 Å². The molecule has 0 aliphatic rings. The molecule has 0 spiro atoms. The van der Waals surface area contributed by atoms with Gasteiger partial charge in [0, 0.05) is 0 Å². The van der Waals surface area contributed by atoms with E-state index in [9.17, 15) is 31.5 Å². The maximum absolute atomic E-state index is 13.4. The molecule has 0 fully saturated rings. The fraction of sp³-hybridized carbons (Fsp3) is 0.143. The number of rotatable bonds is 4. The Balaban J connectivity index is 2.08. The molecule has 0 unspecified atom stereocenters. The fourth-order valence-corrected chi connectivity index (χ4v) is 1.70. The lowest BCUT2D eigenvalue weighted by molar-refractivity contribution is -0.119. The van der Waals surface area contributed by atoms with Gasteiger partial charge in [-0.3, -0.25) is 4.79 Å². The molecule has 0 aliphatic heterocycles. The first-order chi connectivity index (χ1) is 11.2. The van der Waals surface area contributed by atoms with Gasteiger partial charge in [-0.15, -0.1) is 0 Å². The van der Waals surface area contributed by atoms with Crippen LogP contribution in [0.4, 0.5) is 27.6 Å². The number of carbonyl (C=O) groups excluding carboxylic acids is 2. The minimum Gasteiger partial charge on any atom is -0.469 e. The normalized spacial score (nSPS) is 10.6. The number of hydrogen-bond donors (Lipinski definition) is 1. The molecule has 2 aromatic rings. The highest BCUT2D eigenvalue weighted by Crippen LogP contribution is 2.27. The number of hydrogen-bond acceptors (Lipinski definition) is 4. The van der Waals surface area contributed by atoms with E-state index in [1.54, 1.807) is 0 Å². The number of esters is 1. The highest BCUT2D eigenvalue weighted by molar-refractivity contribution is 5.96. The Bertz CT molecular complexity index is 789. The molecular weight excluding hydrogens is 341 g/mol. The summed E-state index contributed by atoms with van der Waals surface area (Å²) in [5.74, 6) is -13.3. The van der Waals surface area contributed by atoms with Crippen LogP contribution < -0.4 is 5.32 Å². The Morgan fingerprint density at radius 2 is 1.58 bits per heavy atom. The number of amides is 1. The van der Waals surface area contributed by atoms with Gasteiger partial charge in [-0.25, -0.2) is 26.7 Å². The number of furan rings is 1. The van der Waals surface area contributed by atoms with Crippen molar-refractivity contribution in [3.63, 3.8) is 0 Å². The molecule has 2 rings (SSSR count). The Kier molecular flexibility index (Phi) is 4.86. The summed E-state index contributed by atoms with van der Waals surface area (Å²) >= 11 is 0. The lowest BCUT2D eigenvalue weighted by atomic mass is 10.2. The van der Waals surface area contributed by atoms with Crippen LogP contribution in [-0.2, 0) is 9.53 Å². The van der Waals surface area contributed by atoms with Crippen LogP contribution in [0, 0.1) is 36.0 Å². The average molecular weight is 349 g/mol. The second-order valence-electron chi connectivity index (χ2n) is 4.46. The number of anilines is 1. The van der Waals surface area contributed by atoms with Gasteiger partial charge in [0.2, 0.25) is 5.82 Å². The molecule has 5 nitrogen and oxygen atoms in total. The molecule has 1 aromatic heterocycles. The number of aryl methyl sites for hydroxylation is 1. The van der Waals surface area contributed by atoms with Crippen molar-refractivity contribution in [1.29, 1.82) is 0 Å². The summed E-state index contributed by atoms with van der Waals surface area (Å²) in [4.78, 5) is 23.1. The predicted octanol–water partition coefficient (Wildman–Crippen LogP) is 3.08. The van der Waals surface area contributed by atoms with E-state index in [2.05, 4.69) is 4.74 Å². The Hall–Kier alpha value is -2.91. The van der Waals surface area contributed by atoms with Crippen molar-refractivity contribution in [3.05, 3.63) is 52.7 Å². The maximum Gasteiger partial charge on any atom is 0.342 e. The van der Waals surface area contributed by atoms with Crippen molar-refractivity contribution in [3.8, 4) is 0 Å². The molecule has 0 saturated carbocycles. The molecule has 0 aliphatic carbocycles. The van der Waals surface area contributed by atoms with Crippen LogP contribution in [0.3, 0.4) is 0 Å². The molecule has 0 bridgehead atoms. The number of ether oxygens (including phenoxy) is 1. The Morgan fingerprint density at radius 3 is 2.08 bits per heavy atom. The number of halogens is 5. The first kappa shape index (κ1) is 17.4. The van der Waals surface area contributed by atoms with Crippen LogP contribution in [0.2, 0.25) is 0 Å². The van der Waals surface area contributed by atoms with Crippen LogP contribution in [0.25, 0.3) is 0 Å². The Morgan fingerprint density at radius 1 is 1.04 bits per heavy atom. The largest absolute Gasteiger partial charge is 0.469 e. The van der Waals surface area contributed by atoms with Gasteiger partial charge in [-0.2, -0.15) is 0 Å². The average Bonchev–Trinajstić information content (AvgIpc) is 2.99. The highest BCUT2D eigenvalue weighted by Gasteiger charge is 2.27. The zero-order valence-corrected chi connectivity index (χ0v) is 11.9. The van der Waals surface area contributed by atoms with Crippen molar-refractivity contribution in [2.45, 2.75) is 6.92 Å². The minimum atomic E-state index is -2.36. The standard InChI is InChI=1S/C14H8F5NO4/c1-5-6(2-3-23-5)14(22)24-4-7(21)20-13-11(18)9(16)8(15)10(17)12(13)19/h2-3H,4H2,1H3,(H,20,21). The molecule has 128 valence electrons. The molecule has 0 atom stereocenters. The molecule has 0 saturated heterocycles. The van der Waals surface area contributed by atoms with Gasteiger partial charge in [0.05, 0.1) is 6.26 Å². The first-order valence-electron chi connectivity index (χ1n) is 6.26. The predicted molar refractivity (Wildman–Crippen MR) is 68.6 cm³/mol. The van der Waals surface area contributed by atoms with Gasteiger partial charge in [0.15, 0.2) is 29.9 Å². The molecule has 1 amide bonds. The molecule has 1 heterocycles. The van der Waals surface area contributed by atoms with Crippen molar-refractivity contribution in [2.75, 3.05) is 11.9 Å². The van der Waals surface area contributed by atoms with Gasteiger partial charge in [0.25, 0.3) is 5.91 Å². The summed E-state index contributed by atoms with van der Waals surface area (Å²) in [7, 11) is 0. The van der Waals surface area contributed by atoms with E-state index < -0.39 is 53.3 Å². The van der Waals surface area contributed by atoms with Gasteiger partial charge in [-0.05, 0) is 13.0 Å². The van der Waals surface area contributed by atoms with Crippen molar-refractivity contribution in [1.82, 2.24) is 0 Å². The summed E-state index contributed by atoms with van der Waals surface area (Å²) in [5, 5.41) is 1.47. The van der Waals surface area contributed by atoms with Gasteiger partial charge >= 0.3 is 5.97 Å². The van der Waals surface area contributed by atoms with Gasteiger partial charge in [0.1, 0.15) is 17.0 Å². The second kappa shape index (κ2) is 6.69. The molecular formula is C14H8F5NO4. The van der Waals surface area contributed by atoms with E-state index in [1.165, 1.54) is 24.6 Å². The zero-order chi connectivity index (χ0) is 18.0. The smallest absolute Gasteiger partial charge is 0.342 e. The quantitative estimate of drug-likeness (QED) is 0.399. The SMILES string of the molecule is Cc1occc1C(=O)OCC(=O)Nc1c(F)c(F)c(F)c(F)c1F. The van der Waals surface area contributed by atoms with E-state index >= 15 is 0 Å². The molecule has 10 heteroatoms. The number of benzene rings is 1. The third-order valence-electron chi connectivity index (χ3n) is 2.89. The summed E-state index contributed by atoms with van der Waals surface area (Å²) in [5.41, 5.74) is -1.52. The zero-order valence-electron chi connectivity index (χ0n) is 11.9. The number of nitrogens with one attached hydrogen (secondary N) is 1. The molecule has 0 radical (unpaired) electrons. The van der Waals surface area contributed by atoms with Crippen LogP contribution in [0.5, 0.6) is 0 Å². The van der Waals surface area contributed by atoms with Crippen molar-refractivity contribution < 1.29 is 40.7 Å². The minimum absolute atomic E-state index is 0.0130. The molecule has 1 N–H and O–H groups in total. The third-order valence-corrected chi connectivity index (χ3v) is 2.89. The lowest BCUT2D eigenvalue weighted by Crippen LogP contribution is -2.23. The Labute approximate surface area is 131 Å². The number of carbonyl (C=O) groups is 2. The summed E-state index contributed by atoms with van der Waals surface area (Å²) < 4.78 is 75.0. The second-order valence-corrected chi connectivity index (χ2v) is 4.46. The molecule has 24 heavy (non-hydrogen) atoms. The van der Waals surface area contributed by atoms with Crippen molar-refractivity contribution in [2.24, 2.45) is 0 Å². The topological polar surface area (TPSA) is 68.5 Å². The van der Waals surface area contributed by atoms with Crippen LogP contribution in [0.1, 0.15) is 16.1 Å². The van der Waals surface area contributed by atoms with Crippen molar-refractivity contribution >= 4 is 17.6 Å². The van der Waals surface area contributed by atoms with Crippen LogP contribution in [-0.4, -0.2) is 18.5 Å². The summed E-state index contributed by atoms with van der Waals surface area (Å²) in [6, 6.07) is 1.26. The third kappa shape index (κ3) is 3.21. The van der Waals surface area contributed by atoms with E-state index in [0.717, 1.165) is 0 Å². The van der Waals surface area contributed by atoms with Gasteiger partial charge in [-0.1, -0.05) is 0 Å². The van der Waals surface area contributed by atoms with E-state index in [1.807, 2.05) is 0 Å². The first-order valence-corrected chi connectivity index (χ1v) is 6.26. The van der Waals surface area contributed by atoms with Crippen LogP contribution >= 0.6 is 0 Å². The maximum atomic E-state index is 13.4. The lowest BCUT2D eigenvalue weighted by Gasteiger charge is -2.10.